The van der Waals surface area contributed by atoms with Crippen molar-refractivity contribution in [1.82, 2.24) is 9.88 Å². The summed E-state index contributed by atoms with van der Waals surface area (Å²) in [5, 5.41) is 4.66. The standard InChI is InChI=1S/C25H27ClN4O/c1-18-16-24(30-13-3-12-29(2)14-15-30)28-23-10-9-21(17-22(18)23)27-25(31)11-6-19-4-7-20(26)8-5-19/h4-11,16-17H,3,12-15H2,1-2H3,(H,27,31). The molecule has 2 heterocycles. The minimum absolute atomic E-state index is 0.176. The first-order valence-corrected chi connectivity index (χ1v) is 11.0. The maximum absolute atomic E-state index is 12.3. The molecule has 0 atom stereocenters. The summed E-state index contributed by atoms with van der Waals surface area (Å²) in [4.78, 5) is 22.0. The van der Waals surface area contributed by atoms with Crippen LogP contribution in [0.1, 0.15) is 17.5 Å². The third-order valence-corrected chi connectivity index (χ3v) is 5.86. The number of hydrogen-bond acceptors (Lipinski definition) is 4. The Morgan fingerprint density at radius 2 is 1.87 bits per heavy atom. The topological polar surface area (TPSA) is 48.5 Å². The minimum atomic E-state index is -0.176. The number of hydrogen-bond donors (Lipinski definition) is 1. The summed E-state index contributed by atoms with van der Waals surface area (Å²) in [6.45, 7) is 6.29. The molecule has 1 N–H and O–H groups in total. The van der Waals surface area contributed by atoms with Crippen molar-refractivity contribution in [3.8, 4) is 0 Å². The molecule has 0 bridgehead atoms. The summed E-state index contributed by atoms with van der Waals surface area (Å²) in [5.74, 6) is 0.855. The van der Waals surface area contributed by atoms with Crippen molar-refractivity contribution in [3.05, 3.63) is 70.8 Å². The van der Waals surface area contributed by atoms with E-state index in [-0.39, 0.29) is 5.91 Å². The van der Waals surface area contributed by atoms with E-state index in [1.165, 1.54) is 6.08 Å². The van der Waals surface area contributed by atoms with Gasteiger partial charge >= 0.3 is 0 Å². The number of carbonyl (C=O) groups excluding carboxylic acids is 1. The lowest BCUT2D eigenvalue weighted by Crippen LogP contribution is -2.29. The van der Waals surface area contributed by atoms with Crippen molar-refractivity contribution >= 4 is 46.0 Å². The minimum Gasteiger partial charge on any atom is -0.355 e. The highest BCUT2D eigenvalue weighted by molar-refractivity contribution is 6.30. The van der Waals surface area contributed by atoms with E-state index in [4.69, 9.17) is 16.6 Å². The van der Waals surface area contributed by atoms with Crippen LogP contribution in [0.25, 0.3) is 17.0 Å². The molecule has 6 heteroatoms. The van der Waals surface area contributed by atoms with Crippen LogP contribution in [0, 0.1) is 6.92 Å². The number of anilines is 2. The Hall–Kier alpha value is -2.89. The summed E-state index contributed by atoms with van der Waals surface area (Å²) < 4.78 is 0. The van der Waals surface area contributed by atoms with E-state index in [0.29, 0.717) is 5.02 Å². The third kappa shape index (κ3) is 5.43. The van der Waals surface area contributed by atoms with Gasteiger partial charge in [-0.05, 0) is 80.5 Å². The first-order chi connectivity index (χ1) is 15.0. The van der Waals surface area contributed by atoms with Crippen molar-refractivity contribution in [2.45, 2.75) is 13.3 Å². The summed E-state index contributed by atoms with van der Waals surface area (Å²) in [7, 11) is 2.17. The average Bonchev–Trinajstić information content (AvgIpc) is 2.98. The van der Waals surface area contributed by atoms with Gasteiger partial charge in [0, 0.05) is 41.8 Å². The number of likely N-dealkylation sites (N-methyl/N-ethyl adjacent to an activating group) is 1. The number of nitrogens with zero attached hydrogens (tertiary/aromatic N) is 3. The number of nitrogens with one attached hydrogen (secondary N) is 1. The number of aryl methyl sites for hydroxylation is 1. The van der Waals surface area contributed by atoms with Gasteiger partial charge in [-0.15, -0.1) is 0 Å². The van der Waals surface area contributed by atoms with Gasteiger partial charge in [-0.3, -0.25) is 4.79 Å². The molecule has 2 aromatic carbocycles. The highest BCUT2D eigenvalue weighted by Gasteiger charge is 2.15. The van der Waals surface area contributed by atoms with Gasteiger partial charge in [-0.2, -0.15) is 0 Å². The van der Waals surface area contributed by atoms with Gasteiger partial charge in [0.1, 0.15) is 5.82 Å². The Bertz CT molecular complexity index is 1110. The third-order valence-electron chi connectivity index (χ3n) is 5.61. The molecule has 0 aliphatic carbocycles. The fourth-order valence-electron chi connectivity index (χ4n) is 3.82. The molecule has 0 unspecified atom stereocenters. The highest BCUT2D eigenvalue weighted by atomic mass is 35.5. The fourth-order valence-corrected chi connectivity index (χ4v) is 3.95. The van der Waals surface area contributed by atoms with Crippen molar-refractivity contribution in [2.75, 3.05) is 43.4 Å². The molecule has 160 valence electrons. The van der Waals surface area contributed by atoms with Crippen LogP contribution in [0.4, 0.5) is 11.5 Å². The lowest BCUT2D eigenvalue weighted by atomic mass is 10.1. The van der Waals surface area contributed by atoms with Crippen LogP contribution in [0.5, 0.6) is 0 Å². The van der Waals surface area contributed by atoms with Gasteiger partial charge in [0.2, 0.25) is 5.91 Å². The number of fused-ring (bicyclic) bond motifs is 1. The molecular formula is C25H27ClN4O. The molecule has 5 nitrogen and oxygen atoms in total. The van der Waals surface area contributed by atoms with E-state index in [1.54, 1.807) is 18.2 Å². The number of aromatic nitrogens is 1. The van der Waals surface area contributed by atoms with Crippen LogP contribution < -0.4 is 10.2 Å². The number of amides is 1. The summed E-state index contributed by atoms with van der Waals surface area (Å²) in [5.41, 5.74) is 3.78. The van der Waals surface area contributed by atoms with Crippen LogP contribution in [0.3, 0.4) is 0 Å². The molecule has 31 heavy (non-hydrogen) atoms. The molecule has 1 fully saturated rings. The van der Waals surface area contributed by atoms with Crippen molar-refractivity contribution in [3.63, 3.8) is 0 Å². The number of carbonyl (C=O) groups is 1. The van der Waals surface area contributed by atoms with Gasteiger partial charge < -0.3 is 15.1 Å². The number of benzene rings is 2. The molecule has 1 aliphatic rings. The van der Waals surface area contributed by atoms with E-state index in [9.17, 15) is 4.79 Å². The van der Waals surface area contributed by atoms with Crippen LogP contribution in [0.2, 0.25) is 5.02 Å². The van der Waals surface area contributed by atoms with Crippen molar-refractivity contribution < 1.29 is 4.79 Å². The fraction of sp³-hybridized carbons (Fsp3) is 0.280. The first-order valence-electron chi connectivity index (χ1n) is 10.6. The molecule has 1 aromatic heterocycles. The summed E-state index contributed by atoms with van der Waals surface area (Å²) >= 11 is 5.90. The number of rotatable bonds is 4. The maximum Gasteiger partial charge on any atom is 0.248 e. The SMILES string of the molecule is Cc1cc(N2CCCN(C)CC2)nc2ccc(NC(=O)C=Cc3ccc(Cl)cc3)cc12. The largest absolute Gasteiger partial charge is 0.355 e. The Kier molecular flexibility index (Phi) is 6.54. The summed E-state index contributed by atoms with van der Waals surface area (Å²) in [6, 6.07) is 15.4. The molecule has 0 radical (unpaired) electrons. The predicted octanol–water partition coefficient (Wildman–Crippen LogP) is 4.99. The molecule has 1 aliphatic heterocycles. The Morgan fingerprint density at radius 1 is 1.06 bits per heavy atom. The molecular weight excluding hydrogens is 408 g/mol. The van der Waals surface area contributed by atoms with Gasteiger partial charge in [-0.25, -0.2) is 4.98 Å². The molecule has 1 amide bonds. The van der Waals surface area contributed by atoms with Gasteiger partial charge in [0.15, 0.2) is 0 Å². The van der Waals surface area contributed by atoms with E-state index < -0.39 is 0 Å². The Balaban J connectivity index is 1.49. The van der Waals surface area contributed by atoms with Crippen molar-refractivity contribution in [1.29, 1.82) is 0 Å². The highest BCUT2D eigenvalue weighted by Crippen LogP contribution is 2.26. The predicted molar refractivity (Wildman–Crippen MR) is 130 cm³/mol. The van der Waals surface area contributed by atoms with Crippen molar-refractivity contribution in [2.24, 2.45) is 0 Å². The maximum atomic E-state index is 12.3. The van der Waals surface area contributed by atoms with E-state index in [0.717, 1.165) is 66.1 Å². The molecule has 0 saturated carbocycles. The smallest absolute Gasteiger partial charge is 0.248 e. The molecule has 3 aromatic rings. The molecule has 0 spiro atoms. The first kappa shape index (κ1) is 21.3. The zero-order valence-electron chi connectivity index (χ0n) is 17.9. The second kappa shape index (κ2) is 9.50. The quantitative estimate of drug-likeness (QED) is 0.587. The van der Waals surface area contributed by atoms with Gasteiger partial charge in [0.25, 0.3) is 0 Å². The monoisotopic (exact) mass is 434 g/mol. The number of pyridine rings is 1. The summed E-state index contributed by atoms with van der Waals surface area (Å²) in [6.07, 6.45) is 4.44. The zero-order valence-corrected chi connectivity index (χ0v) is 18.7. The van der Waals surface area contributed by atoms with E-state index >= 15 is 0 Å². The van der Waals surface area contributed by atoms with Crippen LogP contribution in [0.15, 0.2) is 54.6 Å². The number of halogens is 1. The lowest BCUT2D eigenvalue weighted by molar-refractivity contribution is -0.111. The van der Waals surface area contributed by atoms with Gasteiger partial charge in [0.05, 0.1) is 5.52 Å². The van der Waals surface area contributed by atoms with E-state index in [1.807, 2.05) is 30.3 Å². The average molecular weight is 435 g/mol. The van der Waals surface area contributed by atoms with Gasteiger partial charge in [-0.1, -0.05) is 23.7 Å². The second-order valence-corrected chi connectivity index (χ2v) is 8.48. The van der Waals surface area contributed by atoms with Crippen LogP contribution in [-0.4, -0.2) is 49.0 Å². The molecule has 4 rings (SSSR count). The normalized spacial score (nSPS) is 15.4. The van der Waals surface area contributed by atoms with Crippen LogP contribution >= 0.6 is 11.6 Å². The zero-order chi connectivity index (χ0) is 21.8. The Labute approximate surface area is 188 Å². The molecule has 1 saturated heterocycles. The van der Waals surface area contributed by atoms with Crippen LogP contribution in [-0.2, 0) is 4.79 Å². The Morgan fingerprint density at radius 3 is 2.68 bits per heavy atom. The second-order valence-electron chi connectivity index (χ2n) is 8.05. The lowest BCUT2D eigenvalue weighted by Gasteiger charge is -2.22. The van der Waals surface area contributed by atoms with E-state index in [2.05, 4.69) is 35.2 Å².